The minimum absolute atomic E-state index is 0.00111. The largest absolute Gasteiger partial charge is 0.508 e. The molecule has 0 aromatic heterocycles. The van der Waals surface area contributed by atoms with Crippen molar-refractivity contribution in [2.45, 2.75) is 32.3 Å². The summed E-state index contributed by atoms with van der Waals surface area (Å²) in [5.74, 6) is 1.18. The monoisotopic (exact) mass is 314 g/mol. The van der Waals surface area contributed by atoms with Crippen LogP contribution in [0.1, 0.15) is 43.4 Å². The Bertz CT molecular complexity index is 651. The Hall–Kier alpha value is -1.87. The molecule has 0 radical (unpaired) electrons. The van der Waals surface area contributed by atoms with Crippen LogP contribution in [0.4, 0.5) is 4.39 Å². The second-order valence-electron chi connectivity index (χ2n) is 6.74. The van der Waals surface area contributed by atoms with Crippen LogP contribution in [0.25, 0.3) is 0 Å². The van der Waals surface area contributed by atoms with Crippen molar-refractivity contribution in [3.05, 3.63) is 65.5 Å². The molecule has 3 rings (SSSR count). The first-order valence-electron chi connectivity index (χ1n) is 8.20. The predicted octanol–water partition coefficient (Wildman–Crippen LogP) is 5.05. The third-order valence-corrected chi connectivity index (χ3v) is 4.82. The highest BCUT2D eigenvalue weighted by atomic mass is 19.1. The average Bonchev–Trinajstić information content (AvgIpc) is 2.55. The Balaban J connectivity index is 1.82. The third-order valence-electron chi connectivity index (χ3n) is 4.82. The smallest absolute Gasteiger partial charge is 0.123 e. The Labute approximate surface area is 136 Å². The van der Waals surface area contributed by atoms with Gasteiger partial charge in [0.05, 0.1) is 12.7 Å². The van der Waals surface area contributed by atoms with Gasteiger partial charge in [0.1, 0.15) is 11.6 Å². The fourth-order valence-corrected chi connectivity index (χ4v) is 3.50. The van der Waals surface area contributed by atoms with Gasteiger partial charge in [0.2, 0.25) is 0 Å². The standard InChI is InChI=1S/C20H23FO2/c1-13(2)19-11-16(14-6-8-17(21)9-7-14)12-23-20(19)15-4-3-5-18(22)10-15/h3-10,13,16,19-20,22H,11-12H2,1-2H3/t16-,19-,20-/m0/s1. The van der Waals surface area contributed by atoms with Crippen LogP contribution < -0.4 is 0 Å². The SMILES string of the molecule is CC(C)[C@@H]1C[C@H](c2ccc(F)cc2)CO[C@H]1c1cccc(O)c1. The molecule has 23 heavy (non-hydrogen) atoms. The lowest BCUT2D eigenvalue weighted by atomic mass is 9.76. The lowest BCUT2D eigenvalue weighted by molar-refractivity contribution is -0.0552. The van der Waals surface area contributed by atoms with Crippen LogP contribution in [0, 0.1) is 17.7 Å². The van der Waals surface area contributed by atoms with Crippen LogP contribution in [0.15, 0.2) is 48.5 Å². The van der Waals surface area contributed by atoms with E-state index >= 15 is 0 Å². The zero-order valence-electron chi connectivity index (χ0n) is 13.6. The number of benzene rings is 2. The molecule has 1 fully saturated rings. The Kier molecular flexibility index (Phi) is 4.67. The summed E-state index contributed by atoms with van der Waals surface area (Å²) >= 11 is 0. The maximum Gasteiger partial charge on any atom is 0.123 e. The summed E-state index contributed by atoms with van der Waals surface area (Å²) in [5, 5.41) is 9.73. The summed E-state index contributed by atoms with van der Waals surface area (Å²) in [6, 6.07) is 14.1. The van der Waals surface area contributed by atoms with Crippen LogP contribution in [0.5, 0.6) is 5.75 Å². The molecule has 1 saturated heterocycles. The zero-order valence-corrected chi connectivity index (χ0v) is 13.6. The molecular weight excluding hydrogens is 291 g/mol. The van der Waals surface area contributed by atoms with Crippen molar-refractivity contribution in [3.63, 3.8) is 0 Å². The van der Waals surface area contributed by atoms with E-state index in [-0.39, 0.29) is 23.6 Å². The molecule has 3 atom stereocenters. The molecule has 0 saturated carbocycles. The quantitative estimate of drug-likeness (QED) is 0.859. The van der Waals surface area contributed by atoms with Crippen LogP contribution in [0.3, 0.4) is 0 Å². The van der Waals surface area contributed by atoms with Crippen LogP contribution >= 0.6 is 0 Å². The molecule has 1 aliphatic heterocycles. The second-order valence-corrected chi connectivity index (χ2v) is 6.74. The van der Waals surface area contributed by atoms with Crippen molar-refractivity contribution in [1.29, 1.82) is 0 Å². The molecule has 2 aromatic rings. The maximum absolute atomic E-state index is 13.1. The van der Waals surface area contributed by atoms with Crippen molar-refractivity contribution < 1.29 is 14.2 Å². The zero-order chi connectivity index (χ0) is 16.4. The van der Waals surface area contributed by atoms with Crippen molar-refractivity contribution >= 4 is 0 Å². The van der Waals surface area contributed by atoms with E-state index in [0.717, 1.165) is 17.5 Å². The minimum atomic E-state index is -0.205. The van der Waals surface area contributed by atoms with E-state index in [4.69, 9.17) is 4.74 Å². The number of hydrogen-bond donors (Lipinski definition) is 1. The molecule has 1 aliphatic rings. The Morgan fingerprint density at radius 2 is 1.83 bits per heavy atom. The van der Waals surface area contributed by atoms with Crippen molar-refractivity contribution in [2.75, 3.05) is 6.61 Å². The van der Waals surface area contributed by atoms with Crippen molar-refractivity contribution in [2.24, 2.45) is 11.8 Å². The van der Waals surface area contributed by atoms with Gasteiger partial charge in [-0.3, -0.25) is 0 Å². The number of aromatic hydroxyl groups is 1. The number of phenols is 1. The van der Waals surface area contributed by atoms with Crippen molar-refractivity contribution in [3.8, 4) is 5.75 Å². The van der Waals surface area contributed by atoms with Crippen molar-refractivity contribution in [1.82, 2.24) is 0 Å². The van der Waals surface area contributed by atoms with E-state index in [2.05, 4.69) is 13.8 Å². The molecule has 3 heteroatoms. The fourth-order valence-electron chi connectivity index (χ4n) is 3.50. The molecule has 0 aliphatic carbocycles. The van der Waals surface area contributed by atoms with Gasteiger partial charge in [-0.2, -0.15) is 0 Å². The molecule has 2 aromatic carbocycles. The van der Waals surface area contributed by atoms with Gasteiger partial charge in [-0.1, -0.05) is 38.1 Å². The summed E-state index contributed by atoms with van der Waals surface area (Å²) in [7, 11) is 0. The normalized spacial score (nSPS) is 24.8. The number of phenolic OH excluding ortho intramolecular Hbond substituents is 1. The van der Waals surface area contributed by atoms with Gasteiger partial charge in [-0.25, -0.2) is 4.39 Å². The van der Waals surface area contributed by atoms with E-state index in [1.807, 2.05) is 24.3 Å². The Morgan fingerprint density at radius 3 is 2.48 bits per heavy atom. The molecule has 0 bridgehead atoms. The van der Waals surface area contributed by atoms with Crippen LogP contribution in [0.2, 0.25) is 0 Å². The highest BCUT2D eigenvalue weighted by Gasteiger charge is 2.35. The topological polar surface area (TPSA) is 29.5 Å². The van der Waals surface area contributed by atoms with Gasteiger partial charge >= 0.3 is 0 Å². The minimum Gasteiger partial charge on any atom is -0.508 e. The fraction of sp³-hybridized carbons (Fsp3) is 0.400. The number of hydrogen-bond acceptors (Lipinski definition) is 2. The van der Waals surface area contributed by atoms with E-state index in [9.17, 15) is 9.50 Å². The van der Waals surface area contributed by atoms with Crippen LogP contribution in [-0.2, 0) is 4.74 Å². The van der Waals surface area contributed by atoms with E-state index < -0.39 is 0 Å². The summed E-state index contributed by atoms with van der Waals surface area (Å²) in [5.41, 5.74) is 2.16. The molecule has 0 amide bonds. The molecule has 0 spiro atoms. The van der Waals surface area contributed by atoms with Gasteiger partial charge in [0.15, 0.2) is 0 Å². The predicted molar refractivity (Wildman–Crippen MR) is 88.9 cm³/mol. The van der Waals surface area contributed by atoms with E-state index in [1.54, 1.807) is 12.1 Å². The van der Waals surface area contributed by atoms with Gasteiger partial charge < -0.3 is 9.84 Å². The molecule has 0 unspecified atom stereocenters. The second kappa shape index (κ2) is 6.71. The third kappa shape index (κ3) is 3.56. The van der Waals surface area contributed by atoms with Crippen LogP contribution in [-0.4, -0.2) is 11.7 Å². The molecular formula is C20H23FO2. The lowest BCUT2D eigenvalue weighted by Crippen LogP contribution is -2.31. The summed E-state index contributed by atoms with van der Waals surface area (Å²) in [4.78, 5) is 0. The van der Waals surface area contributed by atoms with E-state index in [0.29, 0.717) is 18.4 Å². The summed E-state index contributed by atoms with van der Waals surface area (Å²) in [6.07, 6.45) is 1.00. The average molecular weight is 314 g/mol. The maximum atomic E-state index is 13.1. The summed E-state index contributed by atoms with van der Waals surface area (Å²) < 4.78 is 19.3. The summed E-state index contributed by atoms with van der Waals surface area (Å²) in [6.45, 7) is 5.03. The highest BCUT2D eigenvalue weighted by Crippen LogP contribution is 2.43. The molecule has 1 N–H and O–H groups in total. The number of rotatable bonds is 3. The van der Waals surface area contributed by atoms with Gasteiger partial charge in [-0.15, -0.1) is 0 Å². The lowest BCUT2D eigenvalue weighted by Gasteiger charge is -2.39. The number of halogens is 1. The van der Waals surface area contributed by atoms with Gasteiger partial charge in [-0.05, 0) is 53.6 Å². The first-order valence-corrected chi connectivity index (χ1v) is 8.20. The van der Waals surface area contributed by atoms with Gasteiger partial charge in [0, 0.05) is 5.92 Å². The molecule has 122 valence electrons. The highest BCUT2D eigenvalue weighted by molar-refractivity contribution is 5.30. The molecule has 1 heterocycles. The molecule has 2 nitrogen and oxygen atoms in total. The Morgan fingerprint density at radius 1 is 1.09 bits per heavy atom. The first-order chi connectivity index (χ1) is 11.0. The number of ether oxygens (including phenoxy) is 1. The van der Waals surface area contributed by atoms with E-state index in [1.165, 1.54) is 12.1 Å². The first kappa shape index (κ1) is 16.0. The van der Waals surface area contributed by atoms with Gasteiger partial charge in [0.25, 0.3) is 0 Å².